The van der Waals surface area contributed by atoms with Crippen LogP contribution in [0, 0.1) is 5.92 Å². The number of morpholine rings is 1. The van der Waals surface area contributed by atoms with E-state index in [1.165, 1.54) is 11.5 Å². The number of aliphatic imine (C=N–C) groups is 1. The Morgan fingerprint density at radius 3 is 2.45 bits per heavy atom. The van der Waals surface area contributed by atoms with E-state index >= 15 is 0 Å². The van der Waals surface area contributed by atoms with Gasteiger partial charge >= 0.3 is 0 Å². The average molecular weight is 424 g/mol. The van der Waals surface area contributed by atoms with Crippen molar-refractivity contribution in [1.29, 1.82) is 0 Å². The maximum absolute atomic E-state index is 5.53. The third-order valence-corrected chi connectivity index (χ3v) is 6.49. The standard InChI is InChI=1S/C20H37N7OS/c1-5-18-23-20(29-24-18)27-9-7-26(8-10-27)19(21-6-2)22-15-17(16(3)4)25-11-13-28-14-12-25/h16-17H,5-15H2,1-4H3,(H,21,22). The number of ether oxygens (including phenoxy) is 1. The summed E-state index contributed by atoms with van der Waals surface area (Å²) < 4.78 is 9.96. The molecule has 1 N–H and O–H groups in total. The SMILES string of the molecule is CCNC(=NCC(C(C)C)N1CCOCC1)N1CCN(c2nc(CC)ns2)CC1. The molecule has 0 amide bonds. The maximum Gasteiger partial charge on any atom is 0.205 e. The third-order valence-electron chi connectivity index (χ3n) is 5.67. The molecule has 0 bridgehead atoms. The van der Waals surface area contributed by atoms with Crippen LogP contribution in [0.5, 0.6) is 0 Å². The summed E-state index contributed by atoms with van der Waals surface area (Å²) in [4.78, 5) is 17.0. The van der Waals surface area contributed by atoms with E-state index in [9.17, 15) is 0 Å². The number of guanidine groups is 1. The molecule has 2 fully saturated rings. The molecule has 9 heteroatoms. The largest absolute Gasteiger partial charge is 0.379 e. The van der Waals surface area contributed by atoms with Crippen molar-refractivity contribution in [3.63, 3.8) is 0 Å². The Kier molecular flexibility index (Phi) is 8.50. The Bertz CT molecular complexity index is 637. The van der Waals surface area contributed by atoms with Crippen LogP contribution in [0.1, 0.15) is 33.5 Å². The second-order valence-corrected chi connectivity index (χ2v) is 8.71. The maximum atomic E-state index is 5.53. The Balaban J connectivity index is 1.59. The molecule has 1 atom stereocenters. The topological polar surface area (TPSA) is 69.1 Å². The fourth-order valence-electron chi connectivity index (χ4n) is 3.89. The predicted octanol–water partition coefficient (Wildman–Crippen LogP) is 1.54. The summed E-state index contributed by atoms with van der Waals surface area (Å²) >= 11 is 1.52. The second kappa shape index (κ2) is 11.1. The van der Waals surface area contributed by atoms with Gasteiger partial charge in [0.1, 0.15) is 5.82 Å². The summed E-state index contributed by atoms with van der Waals surface area (Å²) in [6, 6.07) is 0.461. The van der Waals surface area contributed by atoms with Crippen LogP contribution in [-0.4, -0.2) is 96.7 Å². The van der Waals surface area contributed by atoms with Gasteiger partial charge in [0.05, 0.1) is 19.8 Å². The molecule has 3 heterocycles. The van der Waals surface area contributed by atoms with E-state index in [-0.39, 0.29) is 0 Å². The van der Waals surface area contributed by atoms with Crippen LogP contribution >= 0.6 is 11.5 Å². The van der Waals surface area contributed by atoms with Crippen LogP contribution in [0.4, 0.5) is 5.13 Å². The molecule has 0 saturated carbocycles. The number of anilines is 1. The van der Waals surface area contributed by atoms with Crippen LogP contribution in [0.25, 0.3) is 0 Å². The van der Waals surface area contributed by atoms with E-state index in [4.69, 9.17) is 9.73 Å². The number of aryl methyl sites for hydroxylation is 1. The first-order chi connectivity index (χ1) is 14.1. The van der Waals surface area contributed by atoms with Gasteiger partial charge in [-0.25, -0.2) is 4.98 Å². The third kappa shape index (κ3) is 6.02. The van der Waals surface area contributed by atoms with Crippen LogP contribution in [0.2, 0.25) is 0 Å². The van der Waals surface area contributed by atoms with E-state index in [0.29, 0.717) is 12.0 Å². The number of rotatable bonds is 7. The minimum Gasteiger partial charge on any atom is -0.379 e. The lowest BCUT2D eigenvalue weighted by atomic mass is 10.0. The number of piperazine rings is 1. The van der Waals surface area contributed by atoms with Crippen molar-refractivity contribution < 1.29 is 4.74 Å². The first kappa shape index (κ1) is 22.2. The molecule has 0 aromatic carbocycles. The molecule has 1 aromatic heterocycles. The average Bonchev–Trinajstić information content (AvgIpc) is 3.23. The van der Waals surface area contributed by atoms with E-state index in [1.807, 2.05) is 0 Å². The molecule has 0 spiro atoms. The second-order valence-electron chi connectivity index (χ2n) is 7.98. The molecule has 8 nitrogen and oxygen atoms in total. The highest BCUT2D eigenvalue weighted by atomic mass is 32.1. The molecule has 0 aliphatic carbocycles. The van der Waals surface area contributed by atoms with Gasteiger partial charge in [-0.1, -0.05) is 20.8 Å². The molecule has 2 saturated heterocycles. The van der Waals surface area contributed by atoms with Gasteiger partial charge in [-0.3, -0.25) is 9.89 Å². The van der Waals surface area contributed by atoms with Gasteiger partial charge in [-0.15, -0.1) is 0 Å². The van der Waals surface area contributed by atoms with Crippen molar-refractivity contribution in [3.05, 3.63) is 5.82 Å². The normalized spacial score (nSPS) is 20.4. The van der Waals surface area contributed by atoms with Gasteiger partial charge in [0.25, 0.3) is 0 Å². The van der Waals surface area contributed by atoms with Crippen LogP contribution in [-0.2, 0) is 11.2 Å². The molecule has 29 heavy (non-hydrogen) atoms. The van der Waals surface area contributed by atoms with E-state index in [1.54, 1.807) is 0 Å². The number of aromatic nitrogens is 2. The Labute approximate surface area is 179 Å². The van der Waals surface area contributed by atoms with E-state index in [2.05, 4.69) is 57.1 Å². The molecular weight excluding hydrogens is 386 g/mol. The van der Waals surface area contributed by atoms with Gasteiger partial charge < -0.3 is 19.9 Å². The highest BCUT2D eigenvalue weighted by Gasteiger charge is 2.25. The molecular formula is C20H37N7OS. The zero-order valence-corrected chi connectivity index (χ0v) is 19.2. The Hall–Kier alpha value is -1.45. The lowest BCUT2D eigenvalue weighted by Crippen LogP contribution is -2.53. The number of hydrogen-bond donors (Lipinski definition) is 1. The molecule has 0 radical (unpaired) electrons. The summed E-state index contributed by atoms with van der Waals surface area (Å²) in [5.74, 6) is 2.56. The van der Waals surface area contributed by atoms with Crippen molar-refractivity contribution in [2.45, 2.75) is 40.2 Å². The van der Waals surface area contributed by atoms with Crippen LogP contribution < -0.4 is 10.2 Å². The first-order valence-corrected chi connectivity index (χ1v) is 11.8. The highest BCUT2D eigenvalue weighted by Crippen LogP contribution is 2.19. The van der Waals surface area contributed by atoms with Gasteiger partial charge in [0.15, 0.2) is 5.96 Å². The monoisotopic (exact) mass is 423 g/mol. The van der Waals surface area contributed by atoms with Crippen molar-refractivity contribution in [2.24, 2.45) is 10.9 Å². The quantitative estimate of drug-likeness (QED) is 0.527. The van der Waals surface area contributed by atoms with Crippen molar-refractivity contribution in [3.8, 4) is 0 Å². The Morgan fingerprint density at radius 1 is 1.14 bits per heavy atom. The highest BCUT2D eigenvalue weighted by molar-refractivity contribution is 7.09. The van der Waals surface area contributed by atoms with Gasteiger partial charge in [-0.05, 0) is 12.8 Å². The van der Waals surface area contributed by atoms with Crippen LogP contribution in [0.15, 0.2) is 4.99 Å². The molecule has 1 aromatic rings. The molecule has 1 unspecified atom stereocenters. The minimum atomic E-state index is 0.461. The summed E-state index contributed by atoms with van der Waals surface area (Å²) in [5, 5.41) is 4.56. The lowest BCUT2D eigenvalue weighted by molar-refractivity contribution is 0.00862. The Morgan fingerprint density at radius 2 is 1.86 bits per heavy atom. The van der Waals surface area contributed by atoms with Crippen molar-refractivity contribution >= 4 is 22.6 Å². The molecule has 3 rings (SSSR count). The smallest absolute Gasteiger partial charge is 0.205 e. The number of hydrogen-bond acceptors (Lipinski definition) is 7. The minimum absolute atomic E-state index is 0.461. The first-order valence-electron chi connectivity index (χ1n) is 11.0. The predicted molar refractivity (Wildman–Crippen MR) is 120 cm³/mol. The van der Waals surface area contributed by atoms with E-state index < -0.39 is 0 Å². The molecule has 2 aliphatic heterocycles. The lowest BCUT2D eigenvalue weighted by Gasteiger charge is -2.38. The summed E-state index contributed by atoms with van der Waals surface area (Å²) in [7, 11) is 0. The summed E-state index contributed by atoms with van der Waals surface area (Å²) in [6.45, 7) is 18.1. The zero-order chi connectivity index (χ0) is 20.6. The fraction of sp³-hybridized carbons (Fsp3) is 0.850. The van der Waals surface area contributed by atoms with Crippen molar-refractivity contribution in [2.75, 3.05) is 70.5 Å². The van der Waals surface area contributed by atoms with E-state index in [0.717, 1.165) is 88.9 Å². The molecule has 164 valence electrons. The van der Waals surface area contributed by atoms with Gasteiger partial charge in [0.2, 0.25) is 5.13 Å². The van der Waals surface area contributed by atoms with Gasteiger partial charge in [-0.2, -0.15) is 4.37 Å². The number of nitrogens with zero attached hydrogens (tertiary/aromatic N) is 6. The summed E-state index contributed by atoms with van der Waals surface area (Å²) in [5.41, 5.74) is 0. The van der Waals surface area contributed by atoms with Crippen LogP contribution in [0.3, 0.4) is 0 Å². The zero-order valence-electron chi connectivity index (χ0n) is 18.4. The summed E-state index contributed by atoms with van der Waals surface area (Å²) in [6.07, 6.45) is 0.897. The van der Waals surface area contributed by atoms with Crippen molar-refractivity contribution in [1.82, 2.24) is 24.5 Å². The fourth-order valence-corrected chi connectivity index (χ4v) is 4.69. The number of nitrogens with one attached hydrogen (secondary N) is 1. The van der Waals surface area contributed by atoms with Gasteiger partial charge in [0, 0.05) is 69.8 Å². The molecule has 2 aliphatic rings.